The van der Waals surface area contributed by atoms with Crippen molar-refractivity contribution in [3.8, 4) is 0 Å². The molecule has 4 rings (SSSR count). The van der Waals surface area contributed by atoms with Crippen LogP contribution >= 0.6 is 0 Å². The molecule has 1 heterocycles. The van der Waals surface area contributed by atoms with Gasteiger partial charge in [-0.3, -0.25) is 19.2 Å². The zero-order chi connectivity index (χ0) is 22.7. The summed E-state index contributed by atoms with van der Waals surface area (Å²) in [4.78, 5) is 51.8. The summed E-state index contributed by atoms with van der Waals surface area (Å²) in [6, 6.07) is 25.3. The number of rotatable bonds is 7. The Morgan fingerprint density at radius 3 is 1.53 bits per heavy atom. The fourth-order valence-corrected chi connectivity index (χ4v) is 3.82. The third-order valence-electron chi connectivity index (χ3n) is 5.37. The summed E-state index contributed by atoms with van der Waals surface area (Å²) in [7, 11) is 0. The Balaban J connectivity index is 1.74. The number of para-hydroxylation sites is 2. The lowest BCUT2D eigenvalue weighted by molar-refractivity contribution is -0.148. The van der Waals surface area contributed by atoms with Crippen molar-refractivity contribution >= 4 is 34.9 Å². The molecule has 0 spiro atoms. The third-order valence-corrected chi connectivity index (χ3v) is 5.37. The van der Waals surface area contributed by atoms with E-state index < -0.39 is 41.8 Å². The predicted molar refractivity (Wildman–Crippen MR) is 118 cm³/mol. The van der Waals surface area contributed by atoms with Crippen LogP contribution in [0, 0.1) is 11.8 Å². The molecule has 3 aromatic carbocycles. The van der Waals surface area contributed by atoms with Gasteiger partial charge in [0.1, 0.15) is 5.92 Å². The number of carbonyl (C=O) groups is 4. The van der Waals surface area contributed by atoms with E-state index in [2.05, 4.69) is 0 Å². The minimum Gasteiger partial charge on any atom is -0.481 e. The smallest absolute Gasteiger partial charge is 0.308 e. The van der Waals surface area contributed by atoms with E-state index in [9.17, 15) is 24.3 Å². The second-order valence-electron chi connectivity index (χ2n) is 7.39. The van der Waals surface area contributed by atoms with E-state index in [0.717, 1.165) is 0 Å². The fourth-order valence-electron chi connectivity index (χ4n) is 3.82. The maximum absolute atomic E-state index is 13.5. The quantitative estimate of drug-likeness (QED) is 0.459. The zero-order valence-electron chi connectivity index (χ0n) is 17.0. The molecule has 160 valence electrons. The first-order valence-electron chi connectivity index (χ1n) is 10.1. The van der Waals surface area contributed by atoms with Gasteiger partial charge in [0.25, 0.3) is 11.8 Å². The molecule has 7 heteroatoms. The van der Waals surface area contributed by atoms with Gasteiger partial charge < -0.3 is 5.11 Å². The summed E-state index contributed by atoms with van der Waals surface area (Å²) in [5.41, 5.74) is 1.18. The molecule has 1 atom stereocenters. The molecule has 1 N–H and O–H groups in total. The SMILES string of the molecule is O=C(CC(C(=O)O)C1C(=O)N(c2ccccc2)N(c2ccccc2)C1=O)c1ccccc1. The van der Waals surface area contributed by atoms with Crippen molar-refractivity contribution in [3.05, 3.63) is 96.6 Å². The number of ketones is 1. The average molecular weight is 428 g/mol. The van der Waals surface area contributed by atoms with Crippen LogP contribution < -0.4 is 10.0 Å². The zero-order valence-corrected chi connectivity index (χ0v) is 17.0. The number of nitrogens with zero attached hydrogens (tertiary/aromatic N) is 2. The standard InChI is InChI=1S/C25H20N2O5/c28-21(17-10-4-1-5-11-17)16-20(25(31)32)22-23(29)26(18-12-6-2-7-13-18)27(24(22)30)19-14-8-3-9-15-19/h1-15,20,22H,16H2,(H,31,32). The summed E-state index contributed by atoms with van der Waals surface area (Å²) in [5.74, 6) is -6.20. The Hall–Kier alpha value is -4.26. The van der Waals surface area contributed by atoms with Gasteiger partial charge in [-0.05, 0) is 24.3 Å². The molecule has 0 saturated carbocycles. The van der Waals surface area contributed by atoms with Crippen molar-refractivity contribution in [3.63, 3.8) is 0 Å². The molecule has 3 aromatic rings. The molecule has 1 saturated heterocycles. The lowest BCUT2D eigenvalue weighted by atomic mass is 9.86. The molecule has 0 aliphatic carbocycles. The van der Waals surface area contributed by atoms with Gasteiger partial charge in [0.15, 0.2) is 5.78 Å². The first kappa shape index (κ1) is 21.0. The number of Topliss-reactive ketones (excluding diaryl/α,β-unsaturated/α-hetero) is 1. The minimum absolute atomic E-state index is 0.330. The number of carboxylic acid groups (broad SMARTS) is 1. The first-order valence-corrected chi connectivity index (χ1v) is 10.1. The van der Waals surface area contributed by atoms with Crippen LogP contribution in [0.4, 0.5) is 11.4 Å². The molecule has 1 fully saturated rings. The molecule has 1 aliphatic rings. The highest BCUT2D eigenvalue weighted by molar-refractivity contribution is 6.24. The molecular weight excluding hydrogens is 408 g/mol. The monoisotopic (exact) mass is 428 g/mol. The molecular formula is C25H20N2O5. The summed E-state index contributed by atoms with van der Waals surface area (Å²) >= 11 is 0. The Morgan fingerprint density at radius 2 is 1.12 bits per heavy atom. The van der Waals surface area contributed by atoms with Crippen LogP contribution in [-0.2, 0) is 14.4 Å². The summed E-state index contributed by atoms with van der Waals surface area (Å²) in [5, 5.41) is 12.3. The lowest BCUT2D eigenvalue weighted by Crippen LogP contribution is -2.41. The third kappa shape index (κ3) is 3.88. The van der Waals surface area contributed by atoms with Gasteiger partial charge in [-0.2, -0.15) is 0 Å². The first-order chi connectivity index (χ1) is 15.5. The number of hydrogen-bond acceptors (Lipinski definition) is 4. The second kappa shape index (κ2) is 8.85. The number of carbonyl (C=O) groups excluding carboxylic acids is 3. The minimum atomic E-state index is -1.53. The van der Waals surface area contributed by atoms with Crippen molar-refractivity contribution in [2.75, 3.05) is 10.0 Å². The lowest BCUT2D eigenvalue weighted by Gasteiger charge is -2.27. The Labute approximate surface area is 184 Å². The van der Waals surface area contributed by atoms with Crippen LogP contribution in [0.15, 0.2) is 91.0 Å². The topological polar surface area (TPSA) is 95.0 Å². The maximum atomic E-state index is 13.5. The van der Waals surface area contributed by atoms with Gasteiger partial charge in [0.05, 0.1) is 17.3 Å². The summed E-state index contributed by atoms with van der Waals surface area (Å²) in [6.45, 7) is 0. The molecule has 0 bridgehead atoms. The number of hydrazine groups is 1. The van der Waals surface area contributed by atoms with Gasteiger partial charge in [-0.1, -0.05) is 66.7 Å². The highest BCUT2D eigenvalue weighted by atomic mass is 16.4. The van der Waals surface area contributed by atoms with E-state index >= 15 is 0 Å². The molecule has 2 amide bonds. The number of aliphatic carboxylic acids is 1. The van der Waals surface area contributed by atoms with Gasteiger partial charge in [-0.25, -0.2) is 10.0 Å². The van der Waals surface area contributed by atoms with Crippen molar-refractivity contribution in [1.82, 2.24) is 0 Å². The number of amides is 2. The highest BCUT2D eigenvalue weighted by Gasteiger charge is 2.53. The van der Waals surface area contributed by atoms with Crippen molar-refractivity contribution in [1.29, 1.82) is 0 Å². The van der Waals surface area contributed by atoms with Crippen molar-refractivity contribution in [2.24, 2.45) is 11.8 Å². The Kier molecular flexibility index (Phi) is 5.81. The molecule has 1 aliphatic heterocycles. The van der Waals surface area contributed by atoms with Crippen LogP contribution in [0.5, 0.6) is 0 Å². The molecule has 0 aromatic heterocycles. The Bertz CT molecular complexity index is 1090. The number of benzene rings is 3. The number of anilines is 2. The van der Waals surface area contributed by atoms with Crippen LogP contribution in [-0.4, -0.2) is 28.7 Å². The van der Waals surface area contributed by atoms with Gasteiger partial charge in [0.2, 0.25) is 0 Å². The van der Waals surface area contributed by atoms with Crippen LogP contribution in [0.1, 0.15) is 16.8 Å². The van der Waals surface area contributed by atoms with Gasteiger partial charge in [0, 0.05) is 12.0 Å². The molecule has 7 nitrogen and oxygen atoms in total. The summed E-state index contributed by atoms with van der Waals surface area (Å²) < 4.78 is 0. The maximum Gasteiger partial charge on any atom is 0.308 e. The van der Waals surface area contributed by atoms with Gasteiger partial charge in [-0.15, -0.1) is 0 Å². The van der Waals surface area contributed by atoms with E-state index in [1.165, 1.54) is 10.0 Å². The molecule has 0 radical (unpaired) electrons. The van der Waals surface area contributed by atoms with E-state index in [1.54, 1.807) is 91.0 Å². The van der Waals surface area contributed by atoms with E-state index in [0.29, 0.717) is 16.9 Å². The van der Waals surface area contributed by atoms with E-state index in [-0.39, 0.29) is 0 Å². The molecule has 32 heavy (non-hydrogen) atoms. The Morgan fingerprint density at radius 1 is 0.719 bits per heavy atom. The fraction of sp³-hybridized carbons (Fsp3) is 0.120. The van der Waals surface area contributed by atoms with Crippen molar-refractivity contribution in [2.45, 2.75) is 6.42 Å². The van der Waals surface area contributed by atoms with Crippen LogP contribution in [0.2, 0.25) is 0 Å². The van der Waals surface area contributed by atoms with Crippen LogP contribution in [0.25, 0.3) is 0 Å². The van der Waals surface area contributed by atoms with Gasteiger partial charge >= 0.3 is 5.97 Å². The predicted octanol–water partition coefficient (Wildman–Crippen LogP) is 3.57. The van der Waals surface area contributed by atoms with Crippen LogP contribution in [0.3, 0.4) is 0 Å². The van der Waals surface area contributed by atoms with E-state index in [4.69, 9.17) is 0 Å². The summed E-state index contributed by atoms with van der Waals surface area (Å²) in [6.07, 6.45) is -0.466. The van der Waals surface area contributed by atoms with Crippen molar-refractivity contribution < 1.29 is 24.3 Å². The molecule has 1 unspecified atom stereocenters. The van der Waals surface area contributed by atoms with E-state index in [1.807, 2.05) is 0 Å². The second-order valence-corrected chi connectivity index (χ2v) is 7.39. The average Bonchev–Trinajstić information content (AvgIpc) is 3.08. The largest absolute Gasteiger partial charge is 0.481 e. The number of hydrogen-bond donors (Lipinski definition) is 1. The number of carboxylic acids is 1. The normalized spacial score (nSPS) is 15.1. The highest BCUT2D eigenvalue weighted by Crippen LogP contribution is 2.36.